The summed E-state index contributed by atoms with van der Waals surface area (Å²) in [6.07, 6.45) is 0. The van der Waals surface area contributed by atoms with Crippen molar-refractivity contribution in [3.8, 4) is 0 Å². The van der Waals surface area contributed by atoms with E-state index in [0.29, 0.717) is 5.56 Å². The average Bonchev–Trinajstić information content (AvgIpc) is 2.79. The van der Waals surface area contributed by atoms with Crippen LogP contribution < -0.4 is 0 Å². The number of benzene rings is 1. The quantitative estimate of drug-likeness (QED) is 0.855. The van der Waals surface area contributed by atoms with Gasteiger partial charge in [0.25, 0.3) is 0 Å². The summed E-state index contributed by atoms with van der Waals surface area (Å²) in [7, 11) is 3.52. The Hall–Kier alpha value is -2.24. The molecule has 6 heteroatoms. The third-order valence-electron chi connectivity index (χ3n) is 4.72. The Morgan fingerprint density at radius 1 is 1.21 bits per heavy atom. The predicted octanol–water partition coefficient (Wildman–Crippen LogP) is 3.64. The summed E-state index contributed by atoms with van der Waals surface area (Å²) >= 11 is 0. The molecule has 0 radical (unpaired) electrons. The molecule has 0 saturated heterocycles. The highest BCUT2D eigenvalue weighted by atomic mass is 19.2. The van der Waals surface area contributed by atoms with Crippen LogP contribution in [0.15, 0.2) is 18.2 Å². The number of aromatic nitrogens is 2. The van der Waals surface area contributed by atoms with Gasteiger partial charge in [0.15, 0.2) is 11.6 Å². The summed E-state index contributed by atoms with van der Waals surface area (Å²) in [6, 6.07) is 3.35. The van der Waals surface area contributed by atoms with E-state index in [9.17, 15) is 13.6 Å². The molecular formula is C18H23F2N3O. The molecule has 4 nitrogen and oxygen atoms in total. The van der Waals surface area contributed by atoms with Crippen molar-refractivity contribution >= 4 is 5.91 Å². The maximum Gasteiger partial charge on any atom is 0.230 e. The normalized spacial score (nSPS) is 13.7. The number of carbonyl (C=O) groups excluding carboxylic acids is 1. The number of nitrogens with zero attached hydrogens (tertiary/aromatic N) is 3. The highest BCUT2D eigenvalue weighted by Crippen LogP contribution is 2.28. The van der Waals surface area contributed by atoms with Gasteiger partial charge in [-0.05, 0) is 45.4 Å². The lowest BCUT2D eigenvalue weighted by Crippen LogP contribution is -2.33. The smallest absolute Gasteiger partial charge is 0.230 e. The van der Waals surface area contributed by atoms with Crippen LogP contribution in [0.25, 0.3) is 0 Å². The zero-order chi connectivity index (χ0) is 18.2. The number of hydrogen-bond acceptors (Lipinski definition) is 2. The van der Waals surface area contributed by atoms with E-state index in [1.165, 1.54) is 6.07 Å². The van der Waals surface area contributed by atoms with Gasteiger partial charge in [0.1, 0.15) is 0 Å². The molecule has 0 saturated carbocycles. The maximum absolute atomic E-state index is 13.4. The van der Waals surface area contributed by atoms with Crippen LogP contribution in [0.4, 0.5) is 8.78 Å². The number of rotatable bonds is 4. The summed E-state index contributed by atoms with van der Waals surface area (Å²) in [6.45, 7) is 7.44. The van der Waals surface area contributed by atoms with E-state index < -0.39 is 11.6 Å². The van der Waals surface area contributed by atoms with Crippen molar-refractivity contribution in [2.75, 3.05) is 7.05 Å². The molecule has 0 bridgehead atoms. The first-order valence-corrected chi connectivity index (χ1v) is 7.86. The van der Waals surface area contributed by atoms with E-state index in [2.05, 4.69) is 5.10 Å². The minimum Gasteiger partial charge on any atom is -0.338 e. The van der Waals surface area contributed by atoms with Gasteiger partial charge in [-0.3, -0.25) is 9.48 Å². The molecule has 1 heterocycles. The molecule has 2 aromatic rings. The number of hydrogen-bond donors (Lipinski definition) is 0. The second kappa shape index (κ2) is 6.71. The fraction of sp³-hybridized carbons (Fsp3) is 0.444. The van der Waals surface area contributed by atoms with E-state index in [4.69, 9.17) is 0 Å². The fourth-order valence-electron chi connectivity index (χ4n) is 3.03. The molecule has 2 rings (SSSR count). The van der Waals surface area contributed by atoms with Crippen LogP contribution in [0.3, 0.4) is 0 Å². The number of aryl methyl sites for hydroxylation is 2. The number of carbonyl (C=O) groups is 1. The van der Waals surface area contributed by atoms with Crippen LogP contribution in [0.5, 0.6) is 0 Å². The van der Waals surface area contributed by atoms with Gasteiger partial charge >= 0.3 is 0 Å². The summed E-state index contributed by atoms with van der Waals surface area (Å²) in [5.41, 5.74) is 3.23. The average molecular weight is 335 g/mol. The van der Waals surface area contributed by atoms with Crippen LogP contribution in [0.2, 0.25) is 0 Å². The van der Waals surface area contributed by atoms with Crippen LogP contribution >= 0.6 is 0 Å². The minimum absolute atomic E-state index is 0.0913. The largest absolute Gasteiger partial charge is 0.338 e. The zero-order valence-corrected chi connectivity index (χ0v) is 14.9. The van der Waals surface area contributed by atoms with Crippen molar-refractivity contribution in [2.45, 2.75) is 39.7 Å². The van der Waals surface area contributed by atoms with Gasteiger partial charge < -0.3 is 4.90 Å². The molecule has 0 N–H and O–H groups in total. The molecular weight excluding hydrogens is 312 g/mol. The molecule has 0 spiro atoms. The molecule has 0 fully saturated rings. The van der Waals surface area contributed by atoms with E-state index in [1.54, 1.807) is 23.6 Å². The summed E-state index contributed by atoms with van der Waals surface area (Å²) < 4.78 is 28.3. The van der Waals surface area contributed by atoms with Crippen LogP contribution in [0.1, 0.15) is 48.3 Å². The van der Waals surface area contributed by atoms with E-state index in [-0.39, 0.29) is 17.9 Å². The van der Waals surface area contributed by atoms with Crippen LogP contribution in [-0.4, -0.2) is 27.6 Å². The van der Waals surface area contributed by atoms with Gasteiger partial charge in [-0.15, -0.1) is 0 Å². The van der Waals surface area contributed by atoms with Crippen molar-refractivity contribution in [3.63, 3.8) is 0 Å². The number of amides is 1. The Labute approximate surface area is 141 Å². The van der Waals surface area contributed by atoms with Gasteiger partial charge in [-0.25, -0.2) is 8.78 Å². The van der Waals surface area contributed by atoms with Crippen molar-refractivity contribution in [3.05, 3.63) is 52.3 Å². The molecule has 0 unspecified atom stereocenters. The van der Waals surface area contributed by atoms with Gasteiger partial charge in [0.2, 0.25) is 5.91 Å². The zero-order valence-electron chi connectivity index (χ0n) is 14.9. The summed E-state index contributed by atoms with van der Waals surface area (Å²) in [5, 5.41) is 4.35. The topological polar surface area (TPSA) is 38.1 Å². The van der Waals surface area contributed by atoms with Crippen molar-refractivity contribution in [1.82, 2.24) is 14.7 Å². The Balaban J connectivity index is 2.26. The number of likely N-dealkylation sites (N-methyl/N-ethyl adjacent to an activating group) is 1. The Morgan fingerprint density at radius 3 is 2.33 bits per heavy atom. The highest BCUT2D eigenvalue weighted by molar-refractivity contribution is 5.84. The summed E-state index contributed by atoms with van der Waals surface area (Å²) in [5.74, 6) is -2.26. The third kappa shape index (κ3) is 3.18. The van der Waals surface area contributed by atoms with E-state index in [1.807, 2.05) is 27.8 Å². The van der Waals surface area contributed by atoms with E-state index >= 15 is 0 Å². The SMILES string of the molecule is Cc1nn(C)c(C)c1[C@H](C)C(=O)N(C)[C@@H](C)c1ccc(F)c(F)c1. The van der Waals surface area contributed by atoms with Crippen molar-refractivity contribution in [2.24, 2.45) is 7.05 Å². The first-order valence-electron chi connectivity index (χ1n) is 7.86. The molecule has 1 aromatic carbocycles. The van der Waals surface area contributed by atoms with Gasteiger partial charge in [0.05, 0.1) is 17.7 Å². The molecule has 0 aliphatic heterocycles. The molecule has 0 aliphatic carbocycles. The second-order valence-electron chi connectivity index (χ2n) is 6.23. The molecule has 2 atom stereocenters. The Bertz CT molecular complexity index is 770. The van der Waals surface area contributed by atoms with Crippen molar-refractivity contribution in [1.29, 1.82) is 0 Å². The maximum atomic E-state index is 13.4. The summed E-state index contributed by atoms with van der Waals surface area (Å²) in [4.78, 5) is 14.4. The highest BCUT2D eigenvalue weighted by Gasteiger charge is 2.28. The van der Waals surface area contributed by atoms with Gasteiger partial charge in [-0.2, -0.15) is 5.10 Å². The van der Waals surface area contributed by atoms with Gasteiger partial charge in [0, 0.05) is 25.4 Å². The Morgan fingerprint density at radius 2 is 1.83 bits per heavy atom. The molecule has 24 heavy (non-hydrogen) atoms. The van der Waals surface area contributed by atoms with Gasteiger partial charge in [-0.1, -0.05) is 6.07 Å². The van der Waals surface area contributed by atoms with Crippen molar-refractivity contribution < 1.29 is 13.6 Å². The monoisotopic (exact) mass is 335 g/mol. The molecule has 130 valence electrons. The fourth-order valence-corrected chi connectivity index (χ4v) is 3.03. The first kappa shape index (κ1) is 18.1. The second-order valence-corrected chi connectivity index (χ2v) is 6.23. The Kier molecular flexibility index (Phi) is 5.06. The molecule has 1 aromatic heterocycles. The lowest BCUT2D eigenvalue weighted by molar-refractivity contribution is -0.133. The third-order valence-corrected chi connectivity index (χ3v) is 4.72. The first-order chi connectivity index (χ1) is 11.1. The molecule has 1 amide bonds. The predicted molar refractivity (Wildman–Crippen MR) is 88.6 cm³/mol. The van der Waals surface area contributed by atoms with Crippen LogP contribution in [0, 0.1) is 25.5 Å². The van der Waals surface area contributed by atoms with E-state index in [0.717, 1.165) is 29.1 Å². The standard InChI is InChI=1S/C18H23F2N3O/c1-10(17-11(2)21-23(6)13(17)4)18(24)22(5)12(3)14-7-8-15(19)16(20)9-14/h7-10,12H,1-6H3/t10-,12-/m0/s1. The van der Waals surface area contributed by atoms with Crippen LogP contribution in [-0.2, 0) is 11.8 Å². The lowest BCUT2D eigenvalue weighted by Gasteiger charge is -2.28. The minimum atomic E-state index is -0.910. The number of halogens is 2. The molecule has 0 aliphatic rings. The lowest BCUT2D eigenvalue weighted by atomic mass is 9.96.